The summed E-state index contributed by atoms with van der Waals surface area (Å²) in [6, 6.07) is 8.87. The third-order valence-electron chi connectivity index (χ3n) is 3.40. The summed E-state index contributed by atoms with van der Waals surface area (Å²) in [6.45, 7) is 1.75. The second kappa shape index (κ2) is 6.88. The second-order valence-electron chi connectivity index (χ2n) is 5.25. The fraction of sp³-hybridized carbons (Fsp3) is 0.250. The van der Waals surface area contributed by atoms with Crippen LogP contribution >= 0.6 is 11.8 Å². The van der Waals surface area contributed by atoms with Crippen molar-refractivity contribution in [1.82, 2.24) is 14.7 Å². The second-order valence-corrected chi connectivity index (χ2v) is 6.31. The highest BCUT2D eigenvalue weighted by atomic mass is 32.2. The highest BCUT2D eigenvalue weighted by Gasteiger charge is 2.10. The molecule has 0 saturated heterocycles. The van der Waals surface area contributed by atoms with Crippen molar-refractivity contribution in [2.45, 2.75) is 18.5 Å². The van der Waals surface area contributed by atoms with Crippen LogP contribution in [0.3, 0.4) is 0 Å². The van der Waals surface area contributed by atoms with Crippen molar-refractivity contribution < 1.29 is 9.32 Å². The zero-order valence-electron chi connectivity index (χ0n) is 13.3. The molecule has 1 amide bonds. The molecule has 2 heterocycles. The van der Waals surface area contributed by atoms with E-state index in [1.54, 1.807) is 32.2 Å². The minimum absolute atomic E-state index is 0.0920. The Bertz CT molecular complexity index is 948. The van der Waals surface area contributed by atoms with Crippen LogP contribution in [0.5, 0.6) is 0 Å². The number of aryl methyl sites for hydroxylation is 1. The molecule has 2 aromatic heterocycles. The molecular weight excluding hydrogens is 328 g/mol. The van der Waals surface area contributed by atoms with Gasteiger partial charge in [0.1, 0.15) is 5.76 Å². The Hall–Kier alpha value is -2.61. The van der Waals surface area contributed by atoms with Crippen molar-refractivity contribution in [3.05, 3.63) is 46.4 Å². The third kappa shape index (κ3) is 3.48. The Morgan fingerprint density at radius 3 is 2.92 bits per heavy atom. The van der Waals surface area contributed by atoms with Gasteiger partial charge in [0, 0.05) is 25.3 Å². The van der Waals surface area contributed by atoms with Gasteiger partial charge < -0.3 is 9.84 Å². The number of hydrogen-bond acceptors (Lipinski definition) is 6. The molecule has 0 atom stereocenters. The SMILES string of the molecule is Cc1cc(NC(=O)CCSc2nc3ccccc3c(=O)n2C)no1. The van der Waals surface area contributed by atoms with Crippen LogP contribution in [-0.2, 0) is 11.8 Å². The number of amides is 1. The number of nitrogens with one attached hydrogen (secondary N) is 1. The Morgan fingerprint density at radius 2 is 2.17 bits per heavy atom. The van der Waals surface area contributed by atoms with Gasteiger partial charge >= 0.3 is 0 Å². The molecule has 0 fully saturated rings. The minimum atomic E-state index is -0.165. The molecule has 8 heteroatoms. The number of carbonyl (C=O) groups is 1. The van der Waals surface area contributed by atoms with E-state index in [4.69, 9.17) is 4.52 Å². The van der Waals surface area contributed by atoms with Crippen LogP contribution in [0.4, 0.5) is 5.82 Å². The van der Waals surface area contributed by atoms with Crippen molar-refractivity contribution in [3.63, 3.8) is 0 Å². The number of rotatable bonds is 5. The molecule has 3 aromatic rings. The van der Waals surface area contributed by atoms with E-state index in [-0.39, 0.29) is 17.9 Å². The maximum absolute atomic E-state index is 12.3. The van der Waals surface area contributed by atoms with Gasteiger partial charge in [-0.15, -0.1) is 0 Å². The first-order chi connectivity index (χ1) is 11.5. The molecule has 0 saturated carbocycles. The average Bonchev–Trinajstić information content (AvgIpc) is 2.97. The molecule has 1 aromatic carbocycles. The van der Waals surface area contributed by atoms with Gasteiger partial charge in [-0.1, -0.05) is 29.1 Å². The van der Waals surface area contributed by atoms with E-state index in [0.29, 0.717) is 33.4 Å². The predicted octanol–water partition coefficient (Wildman–Crippen LogP) is 2.35. The van der Waals surface area contributed by atoms with Crippen molar-refractivity contribution in [2.24, 2.45) is 7.05 Å². The van der Waals surface area contributed by atoms with E-state index >= 15 is 0 Å². The van der Waals surface area contributed by atoms with Gasteiger partial charge in [0.2, 0.25) is 5.91 Å². The van der Waals surface area contributed by atoms with E-state index in [1.165, 1.54) is 16.3 Å². The fourth-order valence-corrected chi connectivity index (χ4v) is 3.10. The van der Waals surface area contributed by atoms with Crippen molar-refractivity contribution >= 4 is 34.4 Å². The van der Waals surface area contributed by atoms with E-state index in [0.717, 1.165) is 0 Å². The van der Waals surface area contributed by atoms with Crippen LogP contribution in [0, 0.1) is 6.92 Å². The van der Waals surface area contributed by atoms with Gasteiger partial charge in [-0.3, -0.25) is 14.2 Å². The molecule has 1 N–H and O–H groups in total. The molecule has 0 unspecified atom stereocenters. The Labute approximate surface area is 142 Å². The Balaban J connectivity index is 1.64. The van der Waals surface area contributed by atoms with E-state index in [1.807, 2.05) is 12.1 Å². The number of thioether (sulfide) groups is 1. The first-order valence-electron chi connectivity index (χ1n) is 7.36. The first kappa shape index (κ1) is 16.3. The summed E-state index contributed by atoms with van der Waals surface area (Å²) in [5, 5.41) is 7.54. The summed E-state index contributed by atoms with van der Waals surface area (Å²) < 4.78 is 6.40. The standard InChI is InChI=1S/C16H16N4O3S/c1-10-9-13(19-23-10)18-14(21)7-8-24-16-17-12-6-4-3-5-11(12)15(22)20(16)2/h3-6,9H,7-8H2,1-2H3,(H,18,19,21). The summed E-state index contributed by atoms with van der Waals surface area (Å²) in [5.41, 5.74) is 0.566. The molecule has 0 bridgehead atoms. The van der Waals surface area contributed by atoms with Gasteiger partial charge in [-0.25, -0.2) is 4.98 Å². The highest BCUT2D eigenvalue weighted by molar-refractivity contribution is 7.99. The molecule has 3 rings (SSSR count). The van der Waals surface area contributed by atoms with Gasteiger partial charge in [0.25, 0.3) is 5.56 Å². The first-order valence-corrected chi connectivity index (χ1v) is 8.35. The zero-order valence-corrected chi connectivity index (χ0v) is 14.1. The van der Waals surface area contributed by atoms with Crippen molar-refractivity contribution in [3.8, 4) is 0 Å². The normalized spacial score (nSPS) is 10.9. The third-order valence-corrected chi connectivity index (χ3v) is 4.43. The monoisotopic (exact) mass is 344 g/mol. The number of benzene rings is 1. The summed E-state index contributed by atoms with van der Waals surface area (Å²) in [6.07, 6.45) is 0.277. The molecular formula is C16H16N4O3S. The smallest absolute Gasteiger partial charge is 0.261 e. The molecule has 7 nitrogen and oxygen atoms in total. The number of anilines is 1. The summed E-state index contributed by atoms with van der Waals surface area (Å²) in [7, 11) is 1.68. The molecule has 0 aliphatic carbocycles. The lowest BCUT2D eigenvalue weighted by molar-refractivity contribution is -0.115. The predicted molar refractivity (Wildman–Crippen MR) is 92.2 cm³/mol. The van der Waals surface area contributed by atoms with Crippen LogP contribution in [0.1, 0.15) is 12.2 Å². The van der Waals surface area contributed by atoms with Gasteiger partial charge in [-0.05, 0) is 19.1 Å². The number of nitrogens with zero attached hydrogens (tertiary/aromatic N) is 3. The number of hydrogen-bond donors (Lipinski definition) is 1. The summed E-state index contributed by atoms with van der Waals surface area (Å²) in [5.74, 6) is 1.37. The van der Waals surface area contributed by atoms with Gasteiger partial charge in [-0.2, -0.15) is 0 Å². The number of aromatic nitrogens is 3. The maximum atomic E-state index is 12.3. The molecule has 0 radical (unpaired) electrons. The van der Waals surface area contributed by atoms with Crippen LogP contribution < -0.4 is 10.9 Å². The summed E-state index contributed by atoms with van der Waals surface area (Å²) >= 11 is 1.37. The number of carbonyl (C=O) groups excluding carboxylic acids is 1. The summed E-state index contributed by atoms with van der Waals surface area (Å²) in [4.78, 5) is 28.7. The van der Waals surface area contributed by atoms with Crippen molar-refractivity contribution in [2.75, 3.05) is 11.1 Å². The molecule has 0 aliphatic rings. The van der Waals surface area contributed by atoms with Crippen molar-refractivity contribution in [1.29, 1.82) is 0 Å². The van der Waals surface area contributed by atoms with Gasteiger partial charge in [0.05, 0.1) is 10.9 Å². The number of fused-ring (bicyclic) bond motifs is 1. The minimum Gasteiger partial charge on any atom is -0.360 e. The largest absolute Gasteiger partial charge is 0.360 e. The van der Waals surface area contributed by atoms with Gasteiger partial charge in [0.15, 0.2) is 11.0 Å². The van der Waals surface area contributed by atoms with Crippen LogP contribution in [-0.4, -0.2) is 26.4 Å². The average molecular weight is 344 g/mol. The molecule has 24 heavy (non-hydrogen) atoms. The topological polar surface area (TPSA) is 90.0 Å². The lowest BCUT2D eigenvalue weighted by Gasteiger charge is -2.08. The van der Waals surface area contributed by atoms with E-state index in [2.05, 4.69) is 15.5 Å². The van der Waals surface area contributed by atoms with Crippen LogP contribution in [0.2, 0.25) is 0 Å². The van der Waals surface area contributed by atoms with E-state index in [9.17, 15) is 9.59 Å². The van der Waals surface area contributed by atoms with Crippen LogP contribution in [0.25, 0.3) is 10.9 Å². The Kier molecular flexibility index (Phi) is 4.66. The quantitative estimate of drug-likeness (QED) is 0.564. The molecule has 0 aliphatic heterocycles. The lowest BCUT2D eigenvalue weighted by Crippen LogP contribution is -2.20. The molecule has 124 valence electrons. The maximum Gasteiger partial charge on any atom is 0.261 e. The fourth-order valence-electron chi connectivity index (χ4n) is 2.19. The van der Waals surface area contributed by atoms with Crippen LogP contribution in [0.15, 0.2) is 44.8 Å². The zero-order chi connectivity index (χ0) is 17.1. The lowest BCUT2D eigenvalue weighted by atomic mass is 10.2. The van der Waals surface area contributed by atoms with E-state index < -0.39 is 0 Å². The number of para-hydroxylation sites is 1. The molecule has 0 spiro atoms. The highest BCUT2D eigenvalue weighted by Crippen LogP contribution is 2.18. The Morgan fingerprint density at radius 1 is 1.38 bits per heavy atom.